The van der Waals surface area contributed by atoms with Gasteiger partial charge in [0.25, 0.3) is 5.91 Å². The molecular weight excluding hydrogens is 488 g/mol. The summed E-state index contributed by atoms with van der Waals surface area (Å²) in [5, 5.41) is 0.632. The van der Waals surface area contributed by atoms with Gasteiger partial charge in [0.15, 0.2) is 0 Å². The topological polar surface area (TPSA) is 59.1 Å². The van der Waals surface area contributed by atoms with Gasteiger partial charge in [-0.2, -0.15) is 0 Å². The van der Waals surface area contributed by atoms with E-state index in [-0.39, 0.29) is 18.2 Å². The number of hydrogen-bond acceptors (Lipinski definition) is 4. The van der Waals surface area contributed by atoms with Gasteiger partial charge in [0.05, 0.1) is 13.7 Å². The van der Waals surface area contributed by atoms with E-state index >= 15 is 0 Å². The van der Waals surface area contributed by atoms with Gasteiger partial charge in [0.2, 0.25) is 5.91 Å². The highest BCUT2D eigenvalue weighted by Crippen LogP contribution is 2.36. The summed E-state index contributed by atoms with van der Waals surface area (Å²) in [5.74, 6) is 1.28. The fourth-order valence-corrected chi connectivity index (χ4v) is 4.93. The summed E-state index contributed by atoms with van der Waals surface area (Å²) in [6, 6.07) is 24.3. The van der Waals surface area contributed by atoms with Crippen molar-refractivity contribution in [1.82, 2.24) is 9.80 Å². The second kappa shape index (κ2) is 12.2. The fourth-order valence-electron chi connectivity index (χ4n) is 4.80. The van der Waals surface area contributed by atoms with Crippen LogP contribution in [0, 0.1) is 5.41 Å². The molecule has 0 aliphatic carbocycles. The lowest BCUT2D eigenvalue weighted by Gasteiger charge is -2.43. The van der Waals surface area contributed by atoms with Crippen molar-refractivity contribution in [2.45, 2.75) is 25.8 Å². The minimum absolute atomic E-state index is 0.0271. The molecule has 0 aromatic heterocycles. The Morgan fingerprint density at radius 3 is 2.49 bits per heavy atom. The Bertz CT molecular complexity index is 1200. The monoisotopic (exact) mass is 520 g/mol. The molecule has 194 valence electrons. The number of rotatable bonds is 9. The molecule has 4 rings (SSSR count). The normalized spacial score (nSPS) is 17.2. The zero-order valence-corrected chi connectivity index (χ0v) is 22.1. The van der Waals surface area contributed by atoms with Crippen LogP contribution in [0.25, 0.3) is 0 Å². The average molecular weight is 521 g/mol. The Hall–Kier alpha value is -3.51. The maximum atomic E-state index is 13.4. The zero-order chi connectivity index (χ0) is 26.3. The molecule has 1 saturated heterocycles. The summed E-state index contributed by atoms with van der Waals surface area (Å²) in [5.41, 5.74) is 1.12. The van der Waals surface area contributed by atoms with Crippen LogP contribution in [0.3, 0.4) is 0 Å². The van der Waals surface area contributed by atoms with Crippen LogP contribution in [0.1, 0.15) is 35.2 Å². The summed E-state index contributed by atoms with van der Waals surface area (Å²) >= 11 is 6.03. The Kier molecular flexibility index (Phi) is 8.72. The first kappa shape index (κ1) is 26.6. The minimum Gasteiger partial charge on any atom is -0.497 e. The second-order valence-corrected chi connectivity index (χ2v) is 10.2. The summed E-state index contributed by atoms with van der Waals surface area (Å²) < 4.78 is 11.5. The smallest absolute Gasteiger partial charge is 0.254 e. The summed E-state index contributed by atoms with van der Waals surface area (Å²) in [6.45, 7) is 1.91. The standard InChI is InChI=1S/C30H33ClN2O4/c1-32(20-23-8-4-3-5-9-23)28(34)19-30(22-37-26-14-12-25(31)13-15-26)16-7-17-33(21-30)29(35)24-10-6-11-27(18-24)36-2/h3-6,8-15,18H,7,16-17,19-22H2,1-2H3/t30-/m1/s1. The number of benzene rings is 3. The van der Waals surface area contributed by atoms with E-state index in [1.165, 1.54) is 0 Å². The van der Waals surface area contributed by atoms with E-state index in [1.54, 1.807) is 36.3 Å². The maximum absolute atomic E-state index is 13.4. The Labute approximate surface area is 223 Å². The van der Waals surface area contributed by atoms with Gasteiger partial charge in [-0.3, -0.25) is 9.59 Å². The summed E-state index contributed by atoms with van der Waals surface area (Å²) in [6.07, 6.45) is 1.86. The van der Waals surface area contributed by atoms with E-state index in [2.05, 4.69) is 0 Å². The molecule has 7 heteroatoms. The first-order valence-corrected chi connectivity index (χ1v) is 12.8. The lowest BCUT2D eigenvalue weighted by atomic mass is 9.77. The van der Waals surface area contributed by atoms with Gasteiger partial charge in [-0.15, -0.1) is 0 Å². The Balaban J connectivity index is 1.53. The third-order valence-corrected chi connectivity index (χ3v) is 7.09. The molecule has 1 aliphatic rings. The lowest BCUT2D eigenvalue weighted by Crippen LogP contribution is -2.50. The molecule has 0 saturated carbocycles. The molecule has 1 atom stereocenters. The molecule has 0 bridgehead atoms. The van der Waals surface area contributed by atoms with Gasteiger partial charge in [-0.25, -0.2) is 0 Å². The summed E-state index contributed by atoms with van der Waals surface area (Å²) in [7, 11) is 3.41. The number of carbonyl (C=O) groups excluding carboxylic acids is 2. The van der Waals surface area contributed by atoms with Crippen molar-refractivity contribution in [3.05, 3.63) is 95.0 Å². The average Bonchev–Trinajstić information content (AvgIpc) is 2.93. The maximum Gasteiger partial charge on any atom is 0.254 e. The van der Waals surface area contributed by atoms with Crippen molar-refractivity contribution in [1.29, 1.82) is 0 Å². The quantitative estimate of drug-likeness (QED) is 0.363. The number of amides is 2. The molecule has 3 aromatic carbocycles. The molecular formula is C30H33ClN2O4. The first-order valence-electron chi connectivity index (χ1n) is 12.5. The van der Waals surface area contributed by atoms with Crippen molar-refractivity contribution in [3.63, 3.8) is 0 Å². The third-order valence-electron chi connectivity index (χ3n) is 6.84. The van der Waals surface area contributed by atoms with E-state index in [0.29, 0.717) is 48.3 Å². The molecule has 1 aliphatic heterocycles. The van der Waals surface area contributed by atoms with Crippen LogP contribution < -0.4 is 9.47 Å². The lowest BCUT2D eigenvalue weighted by molar-refractivity contribution is -0.134. The van der Waals surface area contributed by atoms with Crippen molar-refractivity contribution in [3.8, 4) is 11.5 Å². The van der Waals surface area contributed by atoms with Crippen LogP contribution in [-0.2, 0) is 11.3 Å². The van der Waals surface area contributed by atoms with Crippen molar-refractivity contribution < 1.29 is 19.1 Å². The molecule has 0 unspecified atom stereocenters. The van der Waals surface area contributed by atoms with E-state index in [0.717, 1.165) is 18.4 Å². The number of halogens is 1. The van der Waals surface area contributed by atoms with Crippen LogP contribution >= 0.6 is 11.6 Å². The Morgan fingerprint density at radius 2 is 1.76 bits per heavy atom. The number of ether oxygens (including phenoxy) is 2. The van der Waals surface area contributed by atoms with Crippen LogP contribution in [0.4, 0.5) is 0 Å². The number of nitrogens with zero attached hydrogens (tertiary/aromatic N) is 2. The number of hydrogen-bond donors (Lipinski definition) is 0. The predicted molar refractivity (Wildman–Crippen MR) is 145 cm³/mol. The van der Waals surface area contributed by atoms with Gasteiger partial charge >= 0.3 is 0 Å². The predicted octanol–water partition coefficient (Wildman–Crippen LogP) is 5.70. The van der Waals surface area contributed by atoms with Crippen LogP contribution in [-0.4, -0.2) is 55.5 Å². The molecule has 0 N–H and O–H groups in total. The van der Waals surface area contributed by atoms with Gasteiger partial charge in [0, 0.05) is 49.1 Å². The SMILES string of the molecule is COc1cccc(C(=O)N2CCC[C@@](COc3ccc(Cl)cc3)(CC(=O)N(C)Cc3ccccc3)C2)c1. The molecule has 0 radical (unpaired) electrons. The number of piperidine rings is 1. The molecule has 6 nitrogen and oxygen atoms in total. The van der Waals surface area contributed by atoms with E-state index in [4.69, 9.17) is 21.1 Å². The number of likely N-dealkylation sites (tertiary alicyclic amines) is 1. The molecule has 1 heterocycles. The molecule has 2 amide bonds. The number of methoxy groups -OCH3 is 1. The summed E-state index contributed by atoms with van der Waals surface area (Å²) in [4.78, 5) is 30.5. The van der Waals surface area contributed by atoms with Crippen molar-refractivity contribution >= 4 is 23.4 Å². The molecule has 0 spiro atoms. The Morgan fingerprint density at radius 1 is 1.00 bits per heavy atom. The van der Waals surface area contributed by atoms with Crippen molar-refractivity contribution in [2.75, 3.05) is 33.9 Å². The van der Waals surface area contributed by atoms with Gasteiger partial charge in [-0.1, -0.05) is 48.0 Å². The highest BCUT2D eigenvalue weighted by Gasteiger charge is 2.40. The highest BCUT2D eigenvalue weighted by molar-refractivity contribution is 6.30. The van der Waals surface area contributed by atoms with Crippen LogP contribution in [0.2, 0.25) is 5.02 Å². The van der Waals surface area contributed by atoms with E-state index in [1.807, 2.05) is 66.5 Å². The van der Waals surface area contributed by atoms with Gasteiger partial charge in [0.1, 0.15) is 11.5 Å². The minimum atomic E-state index is -0.519. The number of carbonyl (C=O) groups is 2. The van der Waals surface area contributed by atoms with E-state index in [9.17, 15) is 9.59 Å². The third kappa shape index (κ3) is 7.04. The van der Waals surface area contributed by atoms with Crippen molar-refractivity contribution in [2.24, 2.45) is 5.41 Å². The fraction of sp³-hybridized carbons (Fsp3) is 0.333. The molecule has 3 aromatic rings. The van der Waals surface area contributed by atoms with Crippen LogP contribution in [0.5, 0.6) is 11.5 Å². The highest BCUT2D eigenvalue weighted by atomic mass is 35.5. The van der Waals surface area contributed by atoms with Crippen LogP contribution in [0.15, 0.2) is 78.9 Å². The van der Waals surface area contributed by atoms with Gasteiger partial charge in [-0.05, 0) is 60.9 Å². The largest absolute Gasteiger partial charge is 0.497 e. The van der Waals surface area contributed by atoms with Gasteiger partial charge < -0.3 is 19.3 Å². The molecule has 37 heavy (non-hydrogen) atoms. The zero-order valence-electron chi connectivity index (χ0n) is 21.4. The first-order chi connectivity index (χ1) is 17.9. The molecule has 1 fully saturated rings. The second-order valence-electron chi connectivity index (χ2n) is 9.72. The van der Waals surface area contributed by atoms with E-state index < -0.39 is 5.41 Å².